The van der Waals surface area contributed by atoms with Crippen LogP contribution in [0, 0.1) is 0 Å². The minimum Gasteiger partial charge on any atom is -0.470 e. The first-order valence-corrected chi connectivity index (χ1v) is 10.7. The van der Waals surface area contributed by atoms with Crippen molar-refractivity contribution >= 4 is 11.7 Å². The van der Waals surface area contributed by atoms with Gasteiger partial charge in [0.2, 0.25) is 5.91 Å². The summed E-state index contributed by atoms with van der Waals surface area (Å²) in [4.78, 5) is 25.4. The van der Waals surface area contributed by atoms with Gasteiger partial charge in [-0.3, -0.25) is 4.79 Å². The van der Waals surface area contributed by atoms with Crippen LogP contribution in [0.5, 0.6) is 5.88 Å². The molecule has 4 rings (SSSR count). The lowest BCUT2D eigenvalue weighted by Crippen LogP contribution is -2.45. The van der Waals surface area contributed by atoms with Crippen LogP contribution in [0.4, 0.5) is 5.82 Å². The number of anilines is 1. The Hall–Kier alpha value is -3.41. The number of ether oxygens (including phenoxy) is 1. The van der Waals surface area contributed by atoms with Crippen molar-refractivity contribution in [3.63, 3.8) is 0 Å². The summed E-state index contributed by atoms with van der Waals surface area (Å²) in [6.07, 6.45) is 5.43. The predicted octanol–water partition coefficient (Wildman–Crippen LogP) is 3.82. The van der Waals surface area contributed by atoms with Gasteiger partial charge in [-0.2, -0.15) is 0 Å². The lowest BCUT2D eigenvalue weighted by Gasteiger charge is -2.33. The van der Waals surface area contributed by atoms with E-state index >= 15 is 0 Å². The highest BCUT2D eigenvalue weighted by atomic mass is 16.5. The van der Waals surface area contributed by atoms with Crippen LogP contribution in [0.15, 0.2) is 67.0 Å². The van der Waals surface area contributed by atoms with Crippen LogP contribution in [-0.4, -0.2) is 54.1 Å². The number of likely N-dealkylation sites (tertiary alicyclic amines) is 1. The molecule has 1 fully saturated rings. The van der Waals surface area contributed by atoms with Crippen LogP contribution in [0.3, 0.4) is 0 Å². The zero-order valence-corrected chi connectivity index (χ0v) is 18.1. The quantitative estimate of drug-likeness (QED) is 0.611. The molecule has 160 valence electrons. The van der Waals surface area contributed by atoms with E-state index in [4.69, 9.17) is 4.74 Å². The van der Waals surface area contributed by atoms with Gasteiger partial charge in [0.15, 0.2) is 5.82 Å². The molecule has 0 saturated carbocycles. The molecule has 3 aromatic rings. The van der Waals surface area contributed by atoms with Crippen LogP contribution in [0.2, 0.25) is 0 Å². The second kappa shape index (κ2) is 9.60. The zero-order chi connectivity index (χ0) is 21.6. The van der Waals surface area contributed by atoms with E-state index in [-0.39, 0.29) is 12.0 Å². The Kier molecular flexibility index (Phi) is 6.46. The number of hydrogen-bond donors (Lipinski definition) is 0. The molecule has 1 aliphatic rings. The van der Waals surface area contributed by atoms with Crippen LogP contribution >= 0.6 is 0 Å². The second-order valence-electron chi connectivity index (χ2n) is 8.04. The number of rotatable bonds is 6. The smallest absolute Gasteiger partial charge is 0.257 e. The molecule has 1 unspecified atom stereocenters. The van der Waals surface area contributed by atoms with E-state index in [0.717, 1.165) is 30.5 Å². The standard InChI is InChI=1S/C25H28N4O2/c1-28(2)24-25(27-15-14-26-24)31-22-9-6-16-29(18-22)23(30)17-19-10-12-21(13-11-19)20-7-4-3-5-8-20/h3-5,7-8,10-15,22H,6,9,16-18H2,1-2H3. The fourth-order valence-electron chi connectivity index (χ4n) is 3.86. The lowest BCUT2D eigenvalue weighted by atomic mass is 10.0. The maximum absolute atomic E-state index is 12.9. The van der Waals surface area contributed by atoms with Crippen molar-refractivity contribution < 1.29 is 9.53 Å². The zero-order valence-electron chi connectivity index (χ0n) is 18.1. The number of hydrogen-bond acceptors (Lipinski definition) is 5. The largest absolute Gasteiger partial charge is 0.470 e. The van der Waals surface area contributed by atoms with Gasteiger partial charge in [-0.15, -0.1) is 0 Å². The summed E-state index contributed by atoms with van der Waals surface area (Å²) in [6.45, 7) is 1.34. The first-order valence-electron chi connectivity index (χ1n) is 10.7. The molecule has 0 bridgehead atoms. The Balaban J connectivity index is 1.37. The Bertz CT molecular complexity index is 1010. The molecule has 1 amide bonds. The van der Waals surface area contributed by atoms with Crippen LogP contribution in [0.1, 0.15) is 18.4 Å². The van der Waals surface area contributed by atoms with Gasteiger partial charge in [-0.25, -0.2) is 9.97 Å². The fourth-order valence-corrected chi connectivity index (χ4v) is 3.86. The van der Waals surface area contributed by atoms with Gasteiger partial charge in [-0.05, 0) is 29.5 Å². The SMILES string of the molecule is CN(C)c1nccnc1OC1CCCN(C(=O)Cc2ccc(-c3ccccc3)cc2)C1. The molecule has 0 radical (unpaired) electrons. The van der Waals surface area contributed by atoms with Gasteiger partial charge in [0, 0.05) is 33.0 Å². The van der Waals surface area contributed by atoms with E-state index in [1.54, 1.807) is 12.4 Å². The number of aromatic nitrogens is 2. The number of amides is 1. The number of carbonyl (C=O) groups is 1. The Morgan fingerprint density at radius 3 is 2.48 bits per heavy atom. The van der Waals surface area contributed by atoms with Crippen molar-refractivity contribution in [2.45, 2.75) is 25.4 Å². The van der Waals surface area contributed by atoms with Crippen molar-refractivity contribution in [1.82, 2.24) is 14.9 Å². The van der Waals surface area contributed by atoms with E-state index in [1.807, 2.05) is 54.2 Å². The first-order chi connectivity index (χ1) is 15.1. The summed E-state index contributed by atoms with van der Waals surface area (Å²) in [5.41, 5.74) is 3.36. The molecule has 1 aromatic heterocycles. The van der Waals surface area contributed by atoms with E-state index in [9.17, 15) is 4.79 Å². The molecule has 31 heavy (non-hydrogen) atoms. The maximum atomic E-state index is 12.9. The molecule has 1 aliphatic heterocycles. The maximum Gasteiger partial charge on any atom is 0.257 e. The number of benzene rings is 2. The third kappa shape index (κ3) is 5.20. The van der Waals surface area contributed by atoms with Crippen LogP contribution in [-0.2, 0) is 11.2 Å². The van der Waals surface area contributed by atoms with E-state index in [1.165, 1.54) is 5.56 Å². The van der Waals surface area contributed by atoms with Crippen molar-refractivity contribution in [3.8, 4) is 17.0 Å². The molecule has 6 heteroatoms. The van der Waals surface area contributed by atoms with E-state index < -0.39 is 0 Å². The van der Waals surface area contributed by atoms with Crippen molar-refractivity contribution in [1.29, 1.82) is 0 Å². The Morgan fingerprint density at radius 2 is 1.74 bits per heavy atom. The average molecular weight is 417 g/mol. The van der Waals surface area contributed by atoms with Crippen LogP contribution in [0.25, 0.3) is 11.1 Å². The highest BCUT2D eigenvalue weighted by molar-refractivity contribution is 5.79. The summed E-state index contributed by atoms with van der Waals surface area (Å²) < 4.78 is 6.13. The average Bonchev–Trinajstić information content (AvgIpc) is 2.80. The van der Waals surface area contributed by atoms with Gasteiger partial charge in [-0.1, -0.05) is 54.6 Å². The van der Waals surface area contributed by atoms with Crippen LogP contribution < -0.4 is 9.64 Å². The van der Waals surface area contributed by atoms with Gasteiger partial charge >= 0.3 is 0 Å². The molecule has 1 atom stereocenters. The topological polar surface area (TPSA) is 58.6 Å². The number of nitrogens with zero attached hydrogens (tertiary/aromatic N) is 4. The summed E-state index contributed by atoms with van der Waals surface area (Å²) in [5.74, 6) is 1.35. The molecule has 6 nitrogen and oxygen atoms in total. The highest BCUT2D eigenvalue weighted by Crippen LogP contribution is 2.25. The summed E-state index contributed by atoms with van der Waals surface area (Å²) in [6, 6.07) is 18.5. The third-order valence-electron chi connectivity index (χ3n) is 5.50. The molecule has 1 saturated heterocycles. The Labute approximate surface area is 183 Å². The molecule has 2 aromatic carbocycles. The molecule has 0 aliphatic carbocycles. The van der Waals surface area contributed by atoms with E-state index in [2.05, 4.69) is 34.2 Å². The minimum atomic E-state index is -0.0754. The normalized spacial score (nSPS) is 16.1. The van der Waals surface area contributed by atoms with Gasteiger partial charge < -0.3 is 14.5 Å². The molecular formula is C25H28N4O2. The lowest BCUT2D eigenvalue weighted by molar-refractivity contribution is -0.133. The summed E-state index contributed by atoms with van der Waals surface area (Å²) in [7, 11) is 3.83. The van der Waals surface area contributed by atoms with Crippen molar-refractivity contribution in [2.75, 3.05) is 32.1 Å². The van der Waals surface area contributed by atoms with Gasteiger partial charge in [0.25, 0.3) is 5.88 Å². The second-order valence-corrected chi connectivity index (χ2v) is 8.04. The highest BCUT2D eigenvalue weighted by Gasteiger charge is 2.26. The minimum absolute atomic E-state index is 0.0754. The van der Waals surface area contributed by atoms with Gasteiger partial charge in [0.1, 0.15) is 6.10 Å². The third-order valence-corrected chi connectivity index (χ3v) is 5.50. The number of carbonyl (C=O) groups excluding carboxylic acids is 1. The Morgan fingerprint density at radius 1 is 1.03 bits per heavy atom. The molecular weight excluding hydrogens is 388 g/mol. The molecule has 0 spiro atoms. The molecule has 0 N–H and O–H groups in total. The predicted molar refractivity (Wildman–Crippen MR) is 122 cm³/mol. The van der Waals surface area contributed by atoms with Gasteiger partial charge in [0.05, 0.1) is 13.0 Å². The number of piperidine rings is 1. The molecule has 2 heterocycles. The first kappa shape index (κ1) is 20.8. The van der Waals surface area contributed by atoms with Crippen molar-refractivity contribution in [2.24, 2.45) is 0 Å². The summed E-state index contributed by atoms with van der Waals surface area (Å²) in [5, 5.41) is 0. The fraction of sp³-hybridized carbons (Fsp3) is 0.320. The van der Waals surface area contributed by atoms with E-state index in [0.29, 0.717) is 24.7 Å². The van der Waals surface area contributed by atoms with Crippen molar-refractivity contribution in [3.05, 3.63) is 72.6 Å². The summed E-state index contributed by atoms with van der Waals surface area (Å²) >= 11 is 0. The monoisotopic (exact) mass is 416 g/mol.